The zero-order valence-electron chi connectivity index (χ0n) is 14.0. The number of methoxy groups -OCH3 is 1. The topological polar surface area (TPSA) is 41.7 Å². The molecule has 0 saturated carbocycles. The fraction of sp³-hybridized carbons (Fsp3) is 0.647. The van der Waals surface area contributed by atoms with Crippen molar-refractivity contribution in [2.24, 2.45) is 5.73 Å². The molecule has 0 bridgehead atoms. The van der Waals surface area contributed by atoms with Gasteiger partial charge in [0.1, 0.15) is 5.75 Å². The van der Waals surface area contributed by atoms with E-state index in [1.54, 1.807) is 7.11 Å². The van der Waals surface area contributed by atoms with Crippen LogP contribution in [-0.4, -0.2) is 55.7 Å². The van der Waals surface area contributed by atoms with Crippen LogP contribution in [0.3, 0.4) is 0 Å². The van der Waals surface area contributed by atoms with Crippen LogP contribution < -0.4 is 10.5 Å². The summed E-state index contributed by atoms with van der Waals surface area (Å²) < 4.78 is 5.35. The molecule has 21 heavy (non-hydrogen) atoms. The molecule has 118 valence electrons. The van der Waals surface area contributed by atoms with Crippen molar-refractivity contribution in [2.75, 3.05) is 40.3 Å². The first-order valence-corrected chi connectivity index (χ1v) is 7.69. The van der Waals surface area contributed by atoms with E-state index in [0.29, 0.717) is 6.54 Å². The van der Waals surface area contributed by atoms with E-state index in [4.69, 9.17) is 10.5 Å². The van der Waals surface area contributed by atoms with Gasteiger partial charge in [-0.05, 0) is 45.0 Å². The van der Waals surface area contributed by atoms with Gasteiger partial charge in [-0.1, -0.05) is 12.1 Å². The lowest BCUT2D eigenvalue weighted by molar-refractivity contribution is 0.0180. The second kappa shape index (κ2) is 6.34. The lowest BCUT2D eigenvalue weighted by atomic mass is 9.95. The summed E-state index contributed by atoms with van der Waals surface area (Å²) in [5, 5.41) is 0. The van der Waals surface area contributed by atoms with Gasteiger partial charge in [0.25, 0.3) is 0 Å². The molecule has 0 spiro atoms. The third kappa shape index (κ3) is 3.39. The summed E-state index contributed by atoms with van der Waals surface area (Å²) in [4.78, 5) is 4.94. The van der Waals surface area contributed by atoms with Gasteiger partial charge < -0.3 is 10.5 Å². The van der Waals surface area contributed by atoms with Crippen LogP contribution in [0.1, 0.15) is 31.0 Å². The lowest BCUT2D eigenvalue weighted by Gasteiger charge is -2.48. The summed E-state index contributed by atoms with van der Waals surface area (Å²) >= 11 is 0. The smallest absolute Gasteiger partial charge is 0.121 e. The first-order chi connectivity index (χ1) is 9.89. The molecular formula is C17H29N3O. The highest BCUT2D eigenvalue weighted by atomic mass is 16.5. The fourth-order valence-corrected chi connectivity index (χ4v) is 3.15. The molecule has 0 amide bonds. The molecule has 1 heterocycles. The van der Waals surface area contributed by atoms with Crippen LogP contribution in [0.4, 0.5) is 0 Å². The molecule has 1 fully saturated rings. The van der Waals surface area contributed by atoms with Crippen LogP contribution in [0.25, 0.3) is 0 Å². The number of hydrogen-bond donors (Lipinski definition) is 1. The maximum absolute atomic E-state index is 6.09. The van der Waals surface area contributed by atoms with Crippen LogP contribution in [0, 0.1) is 6.92 Å². The number of aryl methyl sites for hydroxylation is 1. The van der Waals surface area contributed by atoms with E-state index in [1.165, 1.54) is 11.1 Å². The molecule has 1 atom stereocenters. The standard InChI is InChI=1S/C17H29N3O/c1-13-10-14(6-7-16(13)21-5)15(11-18)20-9-8-19(4)17(2,3)12-20/h6-7,10,15H,8-9,11-12,18H2,1-5H3. The second-order valence-corrected chi connectivity index (χ2v) is 6.69. The molecule has 1 unspecified atom stereocenters. The largest absolute Gasteiger partial charge is 0.496 e. The Kier molecular flexibility index (Phi) is 4.91. The molecule has 1 saturated heterocycles. The van der Waals surface area contributed by atoms with Gasteiger partial charge in [-0.25, -0.2) is 0 Å². The number of nitrogens with zero attached hydrogens (tertiary/aromatic N) is 2. The Morgan fingerprint density at radius 1 is 1.33 bits per heavy atom. The fourth-order valence-electron chi connectivity index (χ4n) is 3.15. The Labute approximate surface area is 128 Å². The zero-order chi connectivity index (χ0) is 15.6. The number of rotatable bonds is 4. The van der Waals surface area contributed by atoms with Crippen LogP contribution in [0.5, 0.6) is 5.75 Å². The molecule has 2 N–H and O–H groups in total. The summed E-state index contributed by atoms with van der Waals surface area (Å²) in [6.45, 7) is 10.5. The first kappa shape index (κ1) is 16.3. The molecule has 1 aromatic carbocycles. The van der Waals surface area contributed by atoms with E-state index in [-0.39, 0.29) is 11.6 Å². The van der Waals surface area contributed by atoms with E-state index in [2.05, 4.69) is 55.8 Å². The number of ether oxygens (including phenoxy) is 1. The molecule has 1 aromatic rings. The predicted molar refractivity (Wildman–Crippen MR) is 87.8 cm³/mol. The molecule has 0 aromatic heterocycles. The first-order valence-electron chi connectivity index (χ1n) is 7.69. The maximum atomic E-state index is 6.09. The van der Waals surface area contributed by atoms with E-state index in [9.17, 15) is 0 Å². The SMILES string of the molecule is COc1ccc(C(CN)N2CCN(C)C(C)(C)C2)cc1C. The van der Waals surface area contributed by atoms with E-state index >= 15 is 0 Å². The Morgan fingerprint density at radius 3 is 2.57 bits per heavy atom. The van der Waals surface area contributed by atoms with Crippen molar-refractivity contribution in [3.05, 3.63) is 29.3 Å². The van der Waals surface area contributed by atoms with Gasteiger partial charge in [0, 0.05) is 37.8 Å². The second-order valence-electron chi connectivity index (χ2n) is 6.69. The molecule has 4 nitrogen and oxygen atoms in total. The Morgan fingerprint density at radius 2 is 2.05 bits per heavy atom. The van der Waals surface area contributed by atoms with Crippen LogP contribution in [0.2, 0.25) is 0 Å². The Hall–Kier alpha value is -1.10. The highest BCUT2D eigenvalue weighted by Crippen LogP contribution is 2.29. The minimum atomic E-state index is 0.188. The average Bonchev–Trinajstić information content (AvgIpc) is 2.43. The van der Waals surface area contributed by atoms with Crippen LogP contribution >= 0.6 is 0 Å². The van der Waals surface area contributed by atoms with E-state index in [1.807, 2.05) is 0 Å². The van der Waals surface area contributed by atoms with Gasteiger partial charge >= 0.3 is 0 Å². The minimum absolute atomic E-state index is 0.188. The maximum Gasteiger partial charge on any atom is 0.121 e. The quantitative estimate of drug-likeness (QED) is 0.921. The Balaban J connectivity index is 2.22. The van der Waals surface area contributed by atoms with Crippen molar-refractivity contribution >= 4 is 0 Å². The van der Waals surface area contributed by atoms with Crippen molar-refractivity contribution in [3.63, 3.8) is 0 Å². The predicted octanol–water partition coefficient (Wildman–Crippen LogP) is 2.03. The summed E-state index contributed by atoms with van der Waals surface area (Å²) in [7, 11) is 3.91. The van der Waals surface area contributed by atoms with Crippen molar-refractivity contribution in [1.29, 1.82) is 0 Å². The van der Waals surface area contributed by atoms with Crippen LogP contribution in [-0.2, 0) is 0 Å². The number of hydrogen-bond acceptors (Lipinski definition) is 4. The third-order valence-electron chi connectivity index (χ3n) is 4.81. The number of piperazine rings is 1. The molecule has 1 aliphatic rings. The van der Waals surface area contributed by atoms with Crippen molar-refractivity contribution in [2.45, 2.75) is 32.4 Å². The minimum Gasteiger partial charge on any atom is -0.496 e. The number of likely N-dealkylation sites (N-methyl/N-ethyl adjacent to an activating group) is 1. The van der Waals surface area contributed by atoms with Gasteiger partial charge in [-0.3, -0.25) is 9.80 Å². The molecule has 2 rings (SSSR count). The highest BCUT2D eigenvalue weighted by molar-refractivity contribution is 5.37. The Bertz CT molecular complexity index is 487. The van der Waals surface area contributed by atoms with Gasteiger partial charge in [-0.2, -0.15) is 0 Å². The molecule has 4 heteroatoms. The summed E-state index contributed by atoms with van der Waals surface area (Å²) in [6.07, 6.45) is 0. The highest BCUT2D eigenvalue weighted by Gasteiger charge is 2.34. The van der Waals surface area contributed by atoms with E-state index in [0.717, 1.165) is 25.4 Å². The average molecular weight is 291 g/mol. The molecule has 1 aliphatic heterocycles. The summed E-state index contributed by atoms with van der Waals surface area (Å²) in [6, 6.07) is 6.69. The van der Waals surface area contributed by atoms with Crippen molar-refractivity contribution in [3.8, 4) is 5.75 Å². The third-order valence-corrected chi connectivity index (χ3v) is 4.81. The lowest BCUT2D eigenvalue weighted by Crippen LogP contribution is -2.58. The van der Waals surface area contributed by atoms with Crippen molar-refractivity contribution < 1.29 is 4.74 Å². The van der Waals surface area contributed by atoms with Crippen LogP contribution in [0.15, 0.2) is 18.2 Å². The zero-order valence-corrected chi connectivity index (χ0v) is 14.0. The molecule has 0 aliphatic carbocycles. The van der Waals surface area contributed by atoms with Gasteiger partial charge in [0.05, 0.1) is 7.11 Å². The number of nitrogens with two attached hydrogens (primary N) is 1. The van der Waals surface area contributed by atoms with E-state index < -0.39 is 0 Å². The van der Waals surface area contributed by atoms with Gasteiger partial charge in [0.15, 0.2) is 0 Å². The van der Waals surface area contributed by atoms with Gasteiger partial charge in [-0.15, -0.1) is 0 Å². The summed E-state index contributed by atoms with van der Waals surface area (Å²) in [5.74, 6) is 0.938. The molecular weight excluding hydrogens is 262 g/mol. The van der Waals surface area contributed by atoms with Crippen molar-refractivity contribution in [1.82, 2.24) is 9.80 Å². The molecule has 0 radical (unpaired) electrons. The monoisotopic (exact) mass is 291 g/mol. The summed E-state index contributed by atoms with van der Waals surface area (Å²) in [5.41, 5.74) is 8.74. The van der Waals surface area contributed by atoms with Gasteiger partial charge in [0.2, 0.25) is 0 Å². The number of benzene rings is 1. The normalized spacial score (nSPS) is 21.2.